The largest absolute Gasteiger partial charge is 0.389 e. The van der Waals surface area contributed by atoms with Crippen LogP contribution in [0.4, 0.5) is 0 Å². The predicted octanol–water partition coefficient (Wildman–Crippen LogP) is 0.0757. The minimum atomic E-state index is -3.62. The van der Waals surface area contributed by atoms with Crippen LogP contribution in [-0.4, -0.2) is 35.9 Å². The molecule has 0 amide bonds. The van der Waals surface area contributed by atoms with E-state index in [1.807, 2.05) is 0 Å². The number of sulfonamides is 1. The Hall–Kier alpha value is -0.920. The van der Waals surface area contributed by atoms with Gasteiger partial charge in [0, 0.05) is 6.54 Å². The van der Waals surface area contributed by atoms with E-state index in [1.165, 1.54) is 13.8 Å². The molecule has 1 aromatic rings. The molecule has 0 aliphatic heterocycles. The quantitative estimate of drug-likeness (QED) is 0.702. The van der Waals surface area contributed by atoms with Crippen LogP contribution in [0.3, 0.4) is 0 Å². The Morgan fingerprint density at radius 2 is 2.00 bits per heavy atom. The van der Waals surface area contributed by atoms with Crippen LogP contribution in [0.2, 0.25) is 0 Å². The summed E-state index contributed by atoms with van der Waals surface area (Å²) in [6.45, 7) is 6.27. The Bertz CT molecular complexity index is 451. The van der Waals surface area contributed by atoms with E-state index in [0.29, 0.717) is 11.4 Å². The number of nitrogens with one attached hydrogen (secondary N) is 2. The van der Waals surface area contributed by atoms with Crippen LogP contribution in [0.5, 0.6) is 0 Å². The minimum Gasteiger partial charge on any atom is -0.389 e. The van der Waals surface area contributed by atoms with Crippen molar-refractivity contribution >= 4 is 10.0 Å². The molecule has 16 heavy (non-hydrogen) atoms. The molecule has 0 saturated heterocycles. The van der Waals surface area contributed by atoms with Crippen molar-refractivity contribution in [3.63, 3.8) is 0 Å². The van der Waals surface area contributed by atoms with Crippen LogP contribution in [0, 0.1) is 13.8 Å². The summed E-state index contributed by atoms with van der Waals surface area (Å²) in [5.41, 5.74) is -0.181. The van der Waals surface area contributed by atoms with Crippen molar-refractivity contribution in [2.45, 2.75) is 38.2 Å². The van der Waals surface area contributed by atoms with Crippen molar-refractivity contribution < 1.29 is 13.5 Å². The molecule has 0 aliphatic carbocycles. The SMILES string of the molecule is Cc1n[nH]c(C)c1S(=O)(=O)NCC(C)(C)O. The number of aryl methyl sites for hydroxylation is 2. The molecule has 0 fully saturated rings. The minimum absolute atomic E-state index is 0.0423. The molecular formula is C9H17N3O3S. The molecule has 6 nitrogen and oxygen atoms in total. The van der Waals surface area contributed by atoms with E-state index in [0.717, 1.165) is 0 Å². The number of aliphatic hydroxyl groups is 1. The van der Waals surface area contributed by atoms with Gasteiger partial charge in [0.25, 0.3) is 0 Å². The average molecular weight is 247 g/mol. The predicted molar refractivity (Wildman–Crippen MR) is 59.5 cm³/mol. The molecule has 3 N–H and O–H groups in total. The number of nitrogens with zero attached hydrogens (tertiary/aromatic N) is 1. The summed E-state index contributed by atoms with van der Waals surface area (Å²) in [6, 6.07) is 0. The number of aromatic nitrogens is 2. The summed E-state index contributed by atoms with van der Waals surface area (Å²) in [6.07, 6.45) is 0. The summed E-state index contributed by atoms with van der Waals surface area (Å²) >= 11 is 0. The Morgan fingerprint density at radius 3 is 2.38 bits per heavy atom. The second-order valence-electron chi connectivity index (χ2n) is 4.40. The second-order valence-corrected chi connectivity index (χ2v) is 6.10. The summed E-state index contributed by atoms with van der Waals surface area (Å²) in [5.74, 6) is 0. The van der Waals surface area contributed by atoms with Gasteiger partial charge >= 0.3 is 0 Å². The Kier molecular flexibility index (Phi) is 3.41. The molecule has 0 unspecified atom stereocenters. The first-order valence-corrected chi connectivity index (χ1v) is 6.35. The number of hydrogen-bond donors (Lipinski definition) is 3. The van der Waals surface area contributed by atoms with E-state index < -0.39 is 15.6 Å². The monoisotopic (exact) mass is 247 g/mol. The van der Waals surface area contributed by atoms with Crippen molar-refractivity contribution in [2.75, 3.05) is 6.54 Å². The first-order valence-electron chi connectivity index (χ1n) is 4.87. The third kappa shape index (κ3) is 3.03. The number of H-pyrrole nitrogens is 1. The van der Waals surface area contributed by atoms with E-state index >= 15 is 0 Å². The van der Waals surface area contributed by atoms with Crippen molar-refractivity contribution in [3.8, 4) is 0 Å². The zero-order valence-corrected chi connectivity index (χ0v) is 10.6. The van der Waals surface area contributed by atoms with Gasteiger partial charge < -0.3 is 5.11 Å². The van der Waals surface area contributed by atoms with Crippen molar-refractivity contribution in [3.05, 3.63) is 11.4 Å². The first-order chi connectivity index (χ1) is 7.13. The maximum Gasteiger partial charge on any atom is 0.244 e. The van der Waals surface area contributed by atoms with Gasteiger partial charge in [0.2, 0.25) is 10.0 Å². The lowest BCUT2D eigenvalue weighted by Gasteiger charge is -2.17. The van der Waals surface area contributed by atoms with Crippen LogP contribution in [0.25, 0.3) is 0 Å². The highest BCUT2D eigenvalue weighted by Gasteiger charge is 2.24. The van der Waals surface area contributed by atoms with Crippen LogP contribution in [-0.2, 0) is 10.0 Å². The van der Waals surface area contributed by atoms with Gasteiger partial charge in [-0.05, 0) is 27.7 Å². The van der Waals surface area contributed by atoms with Gasteiger partial charge in [-0.15, -0.1) is 0 Å². The third-order valence-electron chi connectivity index (χ3n) is 2.02. The smallest absolute Gasteiger partial charge is 0.244 e. The zero-order chi connectivity index (χ0) is 12.6. The number of rotatable bonds is 4. The van der Waals surface area contributed by atoms with E-state index in [2.05, 4.69) is 14.9 Å². The standard InChI is InChI=1S/C9H17N3O3S/c1-6-8(7(2)12-11-6)16(14,15)10-5-9(3,4)13/h10,13H,5H2,1-4H3,(H,11,12). The van der Waals surface area contributed by atoms with Crippen molar-refractivity contribution in [2.24, 2.45) is 0 Å². The fraction of sp³-hybridized carbons (Fsp3) is 0.667. The fourth-order valence-electron chi connectivity index (χ4n) is 1.28. The Balaban J connectivity index is 2.96. The molecule has 0 saturated carbocycles. The van der Waals surface area contributed by atoms with E-state index in [1.54, 1.807) is 13.8 Å². The molecule has 1 aromatic heterocycles. The summed E-state index contributed by atoms with van der Waals surface area (Å²) < 4.78 is 26.1. The summed E-state index contributed by atoms with van der Waals surface area (Å²) in [7, 11) is -3.62. The van der Waals surface area contributed by atoms with Crippen LogP contribution in [0.1, 0.15) is 25.2 Å². The number of aromatic amines is 1. The highest BCUT2D eigenvalue weighted by atomic mass is 32.2. The highest BCUT2D eigenvalue weighted by molar-refractivity contribution is 7.89. The van der Waals surface area contributed by atoms with E-state index in [9.17, 15) is 13.5 Å². The topological polar surface area (TPSA) is 95.1 Å². The second kappa shape index (κ2) is 4.15. The maximum atomic E-state index is 11.9. The molecule has 0 atom stereocenters. The molecule has 1 heterocycles. The Morgan fingerprint density at radius 1 is 1.44 bits per heavy atom. The van der Waals surface area contributed by atoms with Gasteiger partial charge in [0.1, 0.15) is 4.90 Å². The van der Waals surface area contributed by atoms with Gasteiger partial charge in [-0.1, -0.05) is 0 Å². The van der Waals surface area contributed by atoms with E-state index in [-0.39, 0.29) is 11.4 Å². The first kappa shape index (κ1) is 13.1. The highest BCUT2D eigenvalue weighted by Crippen LogP contribution is 2.16. The van der Waals surface area contributed by atoms with E-state index in [4.69, 9.17) is 0 Å². The molecule has 0 aliphatic rings. The fourth-order valence-corrected chi connectivity index (χ4v) is 2.85. The van der Waals surface area contributed by atoms with Crippen LogP contribution < -0.4 is 4.72 Å². The van der Waals surface area contributed by atoms with Crippen LogP contribution in [0.15, 0.2) is 4.90 Å². The van der Waals surface area contributed by atoms with Gasteiger partial charge in [-0.2, -0.15) is 5.10 Å². The average Bonchev–Trinajstić information content (AvgIpc) is 2.42. The van der Waals surface area contributed by atoms with Crippen molar-refractivity contribution in [1.82, 2.24) is 14.9 Å². The molecule has 0 spiro atoms. The molecule has 1 rings (SSSR count). The molecule has 92 valence electrons. The summed E-state index contributed by atoms with van der Waals surface area (Å²) in [5, 5.41) is 15.9. The Labute approximate surface area is 95.1 Å². The molecule has 0 radical (unpaired) electrons. The maximum absolute atomic E-state index is 11.9. The molecule has 0 aromatic carbocycles. The molecular weight excluding hydrogens is 230 g/mol. The normalized spacial score (nSPS) is 13.1. The lowest BCUT2D eigenvalue weighted by atomic mass is 10.1. The zero-order valence-electron chi connectivity index (χ0n) is 9.83. The van der Waals surface area contributed by atoms with Crippen molar-refractivity contribution in [1.29, 1.82) is 0 Å². The third-order valence-corrected chi connectivity index (χ3v) is 3.69. The van der Waals surface area contributed by atoms with Crippen LogP contribution >= 0.6 is 0 Å². The van der Waals surface area contributed by atoms with Gasteiger partial charge in [0.05, 0.1) is 17.0 Å². The van der Waals surface area contributed by atoms with Gasteiger partial charge in [0.15, 0.2) is 0 Å². The number of hydrogen-bond acceptors (Lipinski definition) is 4. The molecule has 7 heteroatoms. The lowest BCUT2D eigenvalue weighted by molar-refractivity contribution is 0.0857. The van der Waals surface area contributed by atoms with Gasteiger partial charge in [-0.3, -0.25) is 5.10 Å². The van der Waals surface area contributed by atoms with Gasteiger partial charge in [-0.25, -0.2) is 13.1 Å². The lowest BCUT2D eigenvalue weighted by Crippen LogP contribution is -2.38. The molecule has 0 bridgehead atoms. The summed E-state index contributed by atoms with van der Waals surface area (Å²) in [4.78, 5) is 0.150.